The fourth-order valence-electron chi connectivity index (χ4n) is 3.41. The molecule has 0 aliphatic heterocycles. The Bertz CT molecular complexity index is 926. The summed E-state index contributed by atoms with van der Waals surface area (Å²) in [5.74, 6) is 0. The second-order valence-corrected chi connectivity index (χ2v) is 7.07. The maximum absolute atomic E-state index is 4.56. The van der Waals surface area contributed by atoms with Crippen molar-refractivity contribution in [3.05, 3.63) is 120 Å². The molecule has 0 aliphatic carbocycles. The van der Waals surface area contributed by atoms with Crippen molar-refractivity contribution < 1.29 is 0 Å². The number of aromatic nitrogens is 2. The van der Waals surface area contributed by atoms with E-state index in [-0.39, 0.29) is 0 Å². The Morgan fingerprint density at radius 1 is 0.429 bits per heavy atom. The Hall–Kier alpha value is -3.26. The van der Waals surface area contributed by atoms with Crippen LogP contribution < -0.4 is 0 Å². The number of rotatable bonds is 7. The number of nitrogens with zero attached hydrogens (tertiary/aromatic N) is 2. The third-order valence-corrected chi connectivity index (χ3v) is 5.00. The van der Waals surface area contributed by atoms with E-state index in [0.717, 1.165) is 37.1 Å². The lowest BCUT2D eigenvalue weighted by Gasteiger charge is -2.07. The van der Waals surface area contributed by atoms with Crippen LogP contribution in [0.1, 0.15) is 22.3 Å². The highest BCUT2D eigenvalue weighted by Crippen LogP contribution is 2.19. The summed E-state index contributed by atoms with van der Waals surface area (Å²) in [4.78, 5) is 9.12. The highest BCUT2D eigenvalue weighted by Gasteiger charge is 2.05. The smallest absolute Gasteiger partial charge is 0.0888 e. The van der Waals surface area contributed by atoms with Crippen LogP contribution in [0.3, 0.4) is 0 Å². The quantitative estimate of drug-likeness (QED) is 0.419. The minimum Gasteiger partial charge on any atom is -0.255 e. The predicted octanol–water partition coefficient (Wildman–Crippen LogP) is 5.71. The Kier molecular flexibility index (Phi) is 5.89. The Labute approximate surface area is 167 Å². The molecule has 0 fully saturated rings. The Morgan fingerprint density at radius 3 is 1.25 bits per heavy atom. The maximum Gasteiger partial charge on any atom is 0.0888 e. The van der Waals surface area contributed by atoms with E-state index in [1.165, 1.54) is 22.3 Å². The fourth-order valence-corrected chi connectivity index (χ4v) is 3.41. The molecule has 2 aromatic carbocycles. The van der Waals surface area contributed by atoms with Gasteiger partial charge in [-0.05, 0) is 72.2 Å². The van der Waals surface area contributed by atoms with Gasteiger partial charge in [-0.25, -0.2) is 0 Å². The zero-order valence-corrected chi connectivity index (χ0v) is 16.0. The van der Waals surface area contributed by atoms with Gasteiger partial charge in [-0.2, -0.15) is 0 Å². The van der Waals surface area contributed by atoms with Gasteiger partial charge in [0, 0.05) is 12.4 Å². The zero-order valence-electron chi connectivity index (χ0n) is 16.0. The number of hydrogen-bond donors (Lipinski definition) is 0. The molecule has 0 unspecified atom stereocenters. The van der Waals surface area contributed by atoms with Gasteiger partial charge in [0.2, 0.25) is 0 Å². The number of benzene rings is 2. The van der Waals surface area contributed by atoms with Crippen molar-refractivity contribution in [3.8, 4) is 11.4 Å². The average molecular weight is 364 g/mol. The van der Waals surface area contributed by atoms with Crippen molar-refractivity contribution in [2.45, 2.75) is 25.7 Å². The first-order chi connectivity index (χ1) is 13.9. The lowest BCUT2D eigenvalue weighted by Crippen LogP contribution is -1.96. The van der Waals surface area contributed by atoms with Crippen molar-refractivity contribution >= 4 is 0 Å². The lowest BCUT2D eigenvalue weighted by molar-refractivity contribution is 0.951. The molecule has 4 aromatic rings. The molecular weight excluding hydrogens is 340 g/mol. The summed E-state index contributed by atoms with van der Waals surface area (Å²) in [6, 6.07) is 29.8. The first-order valence-corrected chi connectivity index (χ1v) is 9.85. The van der Waals surface area contributed by atoms with Crippen LogP contribution in [0.5, 0.6) is 0 Å². The molecule has 0 saturated carbocycles. The monoisotopic (exact) mass is 364 g/mol. The minimum atomic E-state index is 0.951. The van der Waals surface area contributed by atoms with E-state index in [2.05, 4.69) is 94.9 Å². The van der Waals surface area contributed by atoms with Gasteiger partial charge in [-0.15, -0.1) is 0 Å². The van der Waals surface area contributed by atoms with Gasteiger partial charge in [-0.1, -0.05) is 60.7 Å². The van der Waals surface area contributed by atoms with E-state index in [9.17, 15) is 0 Å². The standard InChI is InChI=1S/C26H24N2/c1-3-7-21(8-4-1)11-13-23-15-17-27-25(19-23)26-20-24(16-18-28-26)14-12-22-9-5-2-6-10-22/h1-10,15-20H,11-14H2. The molecule has 2 nitrogen and oxygen atoms in total. The summed E-state index contributed by atoms with van der Waals surface area (Å²) in [5.41, 5.74) is 7.22. The van der Waals surface area contributed by atoms with Gasteiger partial charge < -0.3 is 0 Å². The molecule has 0 N–H and O–H groups in total. The van der Waals surface area contributed by atoms with E-state index >= 15 is 0 Å². The van der Waals surface area contributed by atoms with Gasteiger partial charge in [0.15, 0.2) is 0 Å². The first kappa shape index (κ1) is 18.1. The van der Waals surface area contributed by atoms with E-state index < -0.39 is 0 Å². The molecular formula is C26H24N2. The molecule has 28 heavy (non-hydrogen) atoms. The second kappa shape index (κ2) is 9.09. The molecule has 4 rings (SSSR count). The molecule has 2 heteroatoms. The average Bonchev–Trinajstić information content (AvgIpc) is 2.78. The summed E-state index contributed by atoms with van der Waals surface area (Å²) in [7, 11) is 0. The normalized spacial score (nSPS) is 10.7. The number of hydrogen-bond acceptors (Lipinski definition) is 2. The van der Waals surface area contributed by atoms with Crippen LogP contribution >= 0.6 is 0 Å². The number of aryl methyl sites for hydroxylation is 4. The van der Waals surface area contributed by atoms with Crippen molar-refractivity contribution in [2.24, 2.45) is 0 Å². The van der Waals surface area contributed by atoms with E-state index in [0.29, 0.717) is 0 Å². The van der Waals surface area contributed by atoms with Crippen LogP contribution in [0.25, 0.3) is 11.4 Å². The summed E-state index contributed by atoms with van der Waals surface area (Å²) in [6.07, 6.45) is 7.88. The zero-order chi connectivity index (χ0) is 19.0. The SMILES string of the molecule is c1ccc(CCc2ccnc(-c3cc(CCc4ccccc4)ccn3)c2)cc1. The van der Waals surface area contributed by atoms with Crippen molar-refractivity contribution in [3.63, 3.8) is 0 Å². The predicted molar refractivity (Wildman–Crippen MR) is 115 cm³/mol. The lowest BCUT2D eigenvalue weighted by atomic mass is 10.0. The molecule has 0 radical (unpaired) electrons. The molecule has 0 spiro atoms. The molecule has 138 valence electrons. The summed E-state index contributed by atoms with van der Waals surface area (Å²) in [6.45, 7) is 0. The van der Waals surface area contributed by atoms with E-state index in [4.69, 9.17) is 0 Å². The van der Waals surface area contributed by atoms with Crippen LogP contribution in [0, 0.1) is 0 Å². The van der Waals surface area contributed by atoms with Crippen LogP contribution in [-0.4, -0.2) is 9.97 Å². The third kappa shape index (κ3) is 4.92. The molecule has 0 bridgehead atoms. The minimum absolute atomic E-state index is 0.951. The summed E-state index contributed by atoms with van der Waals surface area (Å²) < 4.78 is 0. The molecule has 0 amide bonds. The van der Waals surface area contributed by atoms with E-state index in [1.807, 2.05) is 12.4 Å². The van der Waals surface area contributed by atoms with Gasteiger partial charge >= 0.3 is 0 Å². The summed E-state index contributed by atoms with van der Waals surface area (Å²) in [5, 5.41) is 0. The van der Waals surface area contributed by atoms with Gasteiger partial charge in [0.25, 0.3) is 0 Å². The molecule has 0 saturated heterocycles. The van der Waals surface area contributed by atoms with Crippen molar-refractivity contribution in [1.29, 1.82) is 0 Å². The van der Waals surface area contributed by atoms with Crippen molar-refractivity contribution in [2.75, 3.05) is 0 Å². The van der Waals surface area contributed by atoms with Crippen LogP contribution in [-0.2, 0) is 25.7 Å². The Morgan fingerprint density at radius 2 is 0.821 bits per heavy atom. The highest BCUT2D eigenvalue weighted by atomic mass is 14.8. The summed E-state index contributed by atoms with van der Waals surface area (Å²) >= 11 is 0. The van der Waals surface area contributed by atoms with Crippen LogP contribution in [0.15, 0.2) is 97.3 Å². The van der Waals surface area contributed by atoms with Crippen LogP contribution in [0.4, 0.5) is 0 Å². The first-order valence-electron chi connectivity index (χ1n) is 9.85. The molecule has 2 aromatic heterocycles. The van der Waals surface area contributed by atoms with Gasteiger partial charge in [0.1, 0.15) is 0 Å². The fraction of sp³-hybridized carbons (Fsp3) is 0.154. The molecule has 0 aliphatic rings. The van der Waals surface area contributed by atoms with E-state index in [1.54, 1.807) is 0 Å². The maximum atomic E-state index is 4.56. The highest BCUT2D eigenvalue weighted by molar-refractivity contribution is 5.55. The largest absolute Gasteiger partial charge is 0.255 e. The second-order valence-electron chi connectivity index (χ2n) is 7.07. The van der Waals surface area contributed by atoms with Gasteiger partial charge in [-0.3, -0.25) is 9.97 Å². The molecule has 2 heterocycles. The topological polar surface area (TPSA) is 25.8 Å². The van der Waals surface area contributed by atoms with Crippen LogP contribution in [0.2, 0.25) is 0 Å². The number of pyridine rings is 2. The third-order valence-electron chi connectivity index (χ3n) is 5.00. The van der Waals surface area contributed by atoms with Gasteiger partial charge in [0.05, 0.1) is 11.4 Å². The Balaban J connectivity index is 1.45. The molecule has 0 atom stereocenters. The van der Waals surface area contributed by atoms with Crippen molar-refractivity contribution in [1.82, 2.24) is 9.97 Å².